The van der Waals surface area contributed by atoms with Crippen LogP contribution in [0.25, 0.3) is 10.1 Å². The molecule has 1 atom stereocenters. The van der Waals surface area contributed by atoms with Crippen LogP contribution >= 0.6 is 11.3 Å². The highest BCUT2D eigenvalue weighted by Crippen LogP contribution is 2.30. The quantitative estimate of drug-likeness (QED) is 0.746. The minimum atomic E-state index is -0.529. The summed E-state index contributed by atoms with van der Waals surface area (Å²) in [6.45, 7) is 4.30. The van der Waals surface area contributed by atoms with E-state index in [9.17, 15) is 5.11 Å². The third-order valence-electron chi connectivity index (χ3n) is 3.56. The van der Waals surface area contributed by atoms with E-state index in [1.165, 1.54) is 15.6 Å². The van der Waals surface area contributed by atoms with Gasteiger partial charge in [-0.1, -0.05) is 29.8 Å². The van der Waals surface area contributed by atoms with E-state index in [0.717, 1.165) is 16.9 Å². The molecule has 1 N–H and O–H groups in total. The minimum Gasteiger partial charge on any atom is -0.488 e. The van der Waals surface area contributed by atoms with Gasteiger partial charge in [0.25, 0.3) is 0 Å². The summed E-state index contributed by atoms with van der Waals surface area (Å²) in [4.78, 5) is 0. The second kappa shape index (κ2) is 5.88. The van der Waals surface area contributed by atoms with E-state index in [4.69, 9.17) is 4.74 Å². The molecule has 2 aromatic carbocycles. The molecule has 3 aromatic rings. The Morgan fingerprint density at radius 3 is 2.81 bits per heavy atom. The first-order chi connectivity index (χ1) is 10.1. The van der Waals surface area contributed by atoms with Gasteiger partial charge in [0.2, 0.25) is 0 Å². The molecule has 0 radical (unpaired) electrons. The fourth-order valence-electron chi connectivity index (χ4n) is 2.43. The Labute approximate surface area is 128 Å². The number of aryl methyl sites for hydroxylation is 1. The lowest BCUT2D eigenvalue weighted by Crippen LogP contribution is -2.01. The molecule has 1 aromatic heterocycles. The van der Waals surface area contributed by atoms with Crippen molar-refractivity contribution in [3.05, 3.63) is 64.5 Å². The lowest BCUT2D eigenvalue weighted by Gasteiger charge is -2.14. The van der Waals surface area contributed by atoms with Gasteiger partial charge in [-0.05, 0) is 42.8 Å². The van der Waals surface area contributed by atoms with Crippen LogP contribution < -0.4 is 4.74 Å². The van der Waals surface area contributed by atoms with Crippen LogP contribution in [0, 0.1) is 6.92 Å². The van der Waals surface area contributed by atoms with Gasteiger partial charge in [0.15, 0.2) is 0 Å². The molecule has 21 heavy (non-hydrogen) atoms. The minimum absolute atomic E-state index is 0.521. The number of ether oxygens (including phenoxy) is 1. The Morgan fingerprint density at radius 2 is 2.00 bits per heavy atom. The molecular formula is C18H18O2S. The summed E-state index contributed by atoms with van der Waals surface area (Å²) in [5, 5.41) is 13.3. The molecule has 0 unspecified atom stereocenters. The van der Waals surface area contributed by atoms with Crippen molar-refractivity contribution in [2.24, 2.45) is 0 Å². The predicted octanol–water partition coefficient (Wildman–Crippen LogP) is 4.84. The number of hydrogen-bond donors (Lipinski definition) is 1. The number of thiophene rings is 1. The maximum atomic E-state index is 9.88. The van der Waals surface area contributed by atoms with Crippen molar-refractivity contribution in [2.75, 3.05) is 0 Å². The first-order valence-corrected chi connectivity index (χ1v) is 7.89. The van der Waals surface area contributed by atoms with Crippen LogP contribution in [0.5, 0.6) is 5.75 Å². The van der Waals surface area contributed by atoms with Crippen LogP contribution in [0.2, 0.25) is 0 Å². The van der Waals surface area contributed by atoms with E-state index < -0.39 is 6.10 Å². The zero-order valence-corrected chi connectivity index (χ0v) is 13.0. The smallest absolute Gasteiger partial charge is 0.125 e. The van der Waals surface area contributed by atoms with Gasteiger partial charge in [-0.15, -0.1) is 11.3 Å². The second-order valence-corrected chi connectivity index (χ2v) is 6.17. The normalized spacial score (nSPS) is 12.5. The Bertz CT molecular complexity index is 759. The number of rotatable bonds is 4. The summed E-state index contributed by atoms with van der Waals surface area (Å²) in [5.41, 5.74) is 3.15. The number of benzene rings is 2. The van der Waals surface area contributed by atoms with Crippen molar-refractivity contribution in [3.8, 4) is 5.75 Å². The molecule has 3 heteroatoms. The molecule has 0 amide bonds. The van der Waals surface area contributed by atoms with Crippen molar-refractivity contribution in [1.29, 1.82) is 0 Å². The number of aliphatic hydroxyl groups excluding tert-OH is 1. The van der Waals surface area contributed by atoms with Gasteiger partial charge in [0, 0.05) is 15.8 Å². The van der Waals surface area contributed by atoms with E-state index in [0.29, 0.717) is 6.61 Å². The maximum absolute atomic E-state index is 9.88. The summed E-state index contributed by atoms with van der Waals surface area (Å²) in [7, 11) is 0. The molecule has 0 aliphatic carbocycles. The Hall–Kier alpha value is -1.84. The lowest BCUT2D eigenvalue weighted by molar-refractivity contribution is 0.190. The third-order valence-corrected chi connectivity index (χ3v) is 4.57. The van der Waals surface area contributed by atoms with Crippen LogP contribution in [-0.2, 0) is 6.61 Å². The van der Waals surface area contributed by atoms with E-state index in [1.54, 1.807) is 18.3 Å². The van der Waals surface area contributed by atoms with E-state index in [1.807, 2.05) is 31.2 Å². The van der Waals surface area contributed by atoms with Crippen LogP contribution in [0.3, 0.4) is 0 Å². The van der Waals surface area contributed by atoms with Crippen molar-refractivity contribution < 1.29 is 9.84 Å². The number of hydrogen-bond acceptors (Lipinski definition) is 3. The van der Waals surface area contributed by atoms with Crippen LogP contribution in [0.15, 0.2) is 47.8 Å². The van der Waals surface area contributed by atoms with Crippen molar-refractivity contribution in [1.82, 2.24) is 0 Å². The van der Waals surface area contributed by atoms with Crippen molar-refractivity contribution >= 4 is 21.4 Å². The summed E-state index contributed by atoms with van der Waals surface area (Å²) >= 11 is 1.73. The second-order valence-electron chi connectivity index (χ2n) is 5.26. The molecule has 0 saturated heterocycles. The van der Waals surface area contributed by atoms with E-state index >= 15 is 0 Å². The fourth-order valence-corrected chi connectivity index (χ4v) is 3.37. The first-order valence-electron chi connectivity index (χ1n) is 7.01. The molecule has 1 heterocycles. The highest BCUT2D eigenvalue weighted by molar-refractivity contribution is 7.17. The van der Waals surface area contributed by atoms with Crippen molar-refractivity contribution in [3.63, 3.8) is 0 Å². The Balaban J connectivity index is 1.85. The van der Waals surface area contributed by atoms with E-state index in [2.05, 4.69) is 23.6 Å². The SMILES string of the molecule is Cc1ccc(OCc2csc3ccccc23)c([C@H](C)O)c1. The molecule has 3 rings (SSSR count). The van der Waals surface area contributed by atoms with Gasteiger partial charge in [-0.3, -0.25) is 0 Å². The molecular weight excluding hydrogens is 280 g/mol. The molecule has 0 aliphatic heterocycles. The topological polar surface area (TPSA) is 29.5 Å². The molecule has 0 spiro atoms. The molecule has 0 fully saturated rings. The maximum Gasteiger partial charge on any atom is 0.125 e. The van der Waals surface area contributed by atoms with Gasteiger partial charge in [0.1, 0.15) is 12.4 Å². The monoisotopic (exact) mass is 298 g/mol. The summed E-state index contributed by atoms with van der Waals surface area (Å²) in [6, 6.07) is 14.3. The van der Waals surface area contributed by atoms with Crippen LogP contribution in [0.4, 0.5) is 0 Å². The molecule has 0 saturated carbocycles. The average molecular weight is 298 g/mol. The predicted molar refractivity (Wildman–Crippen MR) is 88.0 cm³/mol. The molecule has 0 aliphatic rings. The summed E-state index contributed by atoms with van der Waals surface area (Å²) in [5.74, 6) is 0.755. The zero-order valence-electron chi connectivity index (χ0n) is 12.2. The van der Waals surface area contributed by atoms with Crippen LogP contribution in [0.1, 0.15) is 29.7 Å². The molecule has 108 valence electrons. The Morgan fingerprint density at radius 1 is 1.19 bits per heavy atom. The van der Waals surface area contributed by atoms with E-state index in [-0.39, 0.29) is 0 Å². The molecule has 0 bridgehead atoms. The van der Waals surface area contributed by atoms with Crippen LogP contribution in [-0.4, -0.2) is 5.11 Å². The average Bonchev–Trinajstić information content (AvgIpc) is 2.89. The fraction of sp³-hybridized carbons (Fsp3) is 0.222. The standard InChI is InChI=1S/C18H18O2S/c1-12-7-8-17(16(9-12)13(2)19)20-10-14-11-21-18-6-4-3-5-15(14)18/h3-9,11,13,19H,10H2,1-2H3/t13-/m0/s1. The van der Waals surface area contributed by atoms with Gasteiger partial charge in [0.05, 0.1) is 6.10 Å². The van der Waals surface area contributed by atoms with Gasteiger partial charge in [-0.2, -0.15) is 0 Å². The largest absolute Gasteiger partial charge is 0.488 e. The summed E-state index contributed by atoms with van der Waals surface area (Å²) < 4.78 is 7.23. The van der Waals surface area contributed by atoms with Gasteiger partial charge < -0.3 is 9.84 Å². The first kappa shape index (κ1) is 14.1. The third kappa shape index (κ3) is 2.94. The Kier molecular flexibility index (Phi) is 3.95. The molecule has 2 nitrogen and oxygen atoms in total. The van der Waals surface area contributed by atoms with Crippen molar-refractivity contribution in [2.45, 2.75) is 26.6 Å². The lowest BCUT2D eigenvalue weighted by atomic mass is 10.1. The van der Waals surface area contributed by atoms with Gasteiger partial charge >= 0.3 is 0 Å². The highest BCUT2D eigenvalue weighted by atomic mass is 32.1. The number of aliphatic hydroxyl groups is 1. The zero-order chi connectivity index (χ0) is 14.8. The highest BCUT2D eigenvalue weighted by Gasteiger charge is 2.11. The van der Waals surface area contributed by atoms with Gasteiger partial charge in [-0.25, -0.2) is 0 Å². The summed E-state index contributed by atoms with van der Waals surface area (Å²) in [6.07, 6.45) is -0.529. The number of fused-ring (bicyclic) bond motifs is 1.